The summed E-state index contributed by atoms with van der Waals surface area (Å²) in [5.41, 5.74) is 3.35. The minimum Gasteiger partial charge on any atom is -0.198 e. The van der Waals surface area contributed by atoms with Crippen molar-refractivity contribution in [2.24, 2.45) is 5.92 Å². The first-order valence-electron chi connectivity index (χ1n) is 8.53. The highest BCUT2D eigenvalue weighted by molar-refractivity contribution is 7.99. The molecule has 0 fully saturated rings. The first kappa shape index (κ1) is 17.4. The summed E-state index contributed by atoms with van der Waals surface area (Å²) < 4.78 is 0. The number of nitriles is 1. The number of rotatable bonds is 6. The molecule has 0 aliphatic carbocycles. The number of benzene rings is 2. The van der Waals surface area contributed by atoms with Gasteiger partial charge in [0, 0.05) is 28.5 Å². The summed E-state index contributed by atoms with van der Waals surface area (Å²) in [5, 5.41) is 20.7. The number of fused-ring (bicyclic) bond motifs is 1. The van der Waals surface area contributed by atoms with Crippen LogP contribution in [0.5, 0.6) is 0 Å². The normalized spacial score (nSPS) is 11.0. The number of thioether (sulfide) groups is 1. The van der Waals surface area contributed by atoms with E-state index in [1.54, 1.807) is 11.8 Å². The van der Waals surface area contributed by atoms with Crippen LogP contribution in [0.2, 0.25) is 0 Å². The number of hydrogen-bond acceptors (Lipinski definition) is 4. The zero-order valence-electron chi connectivity index (χ0n) is 14.6. The molecule has 0 aliphatic rings. The summed E-state index contributed by atoms with van der Waals surface area (Å²) in [6, 6.07) is 19.0. The smallest absolute Gasteiger partial charge is 0.127 e. The van der Waals surface area contributed by atoms with Crippen LogP contribution in [0.1, 0.15) is 25.8 Å². The van der Waals surface area contributed by atoms with E-state index in [9.17, 15) is 0 Å². The van der Waals surface area contributed by atoms with Crippen molar-refractivity contribution in [1.29, 1.82) is 5.26 Å². The minimum atomic E-state index is 0.514. The van der Waals surface area contributed by atoms with Crippen molar-refractivity contribution in [3.8, 4) is 17.3 Å². The molecule has 0 saturated carbocycles. The predicted octanol–water partition coefficient (Wildman–Crippen LogP) is 5.50. The summed E-state index contributed by atoms with van der Waals surface area (Å²) in [5.74, 6) is 1.38. The largest absolute Gasteiger partial charge is 0.198 e. The number of aromatic nitrogens is 2. The molecule has 0 saturated heterocycles. The maximum Gasteiger partial charge on any atom is 0.127 e. The van der Waals surface area contributed by atoms with Crippen molar-refractivity contribution in [2.45, 2.75) is 31.7 Å². The fraction of sp³-hybridized carbons (Fsp3) is 0.286. The van der Waals surface area contributed by atoms with Gasteiger partial charge in [-0.05, 0) is 17.9 Å². The predicted molar refractivity (Wildman–Crippen MR) is 104 cm³/mol. The van der Waals surface area contributed by atoms with Crippen molar-refractivity contribution in [1.82, 2.24) is 10.2 Å². The first-order chi connectivity index (χ1) is 12.2. The molecule has 25 heavy (non-hydrogen) atoms. The van der Waals surface area contributed by atoms with Gasteiger partial charge in [-0.3, -0.25) is 0 Å². The fourth-order valence-corrected chi connectivity index (χ4v) is 3.68. The highest BCUT2D eigenvalue weighted by Gasteiger charge is 2.11. The lowest BCUT2D eigenvalue weighted by molar-refractivity contribution is 0.647. The highest BCUT2D eigenvalue weighted by Crippen LogP contribution is 2.32. The van der Waals surface area contributed by atoms with E-state index in [2.05, 4.69) is 66.5 Å². The molecule has 2 aromatic carbocycles. The van der Waals surface area contributed by atoms with E-state index in [4.69, 9.17) is 5.26 Å². The lowest BCUT2D eigenvalue weighted by atomic mass is 9.99. The van der Waals surface area contributed by atoms with Gasteiger partial charge in [-0.2, -0.15) is 5.26 Å². The van der Waals surface area contributed by atoms with Crippen LogP contribution in [0.4, 0.5) is 0 Å². The second-order valence-corrected chi connectivity index (χ2v) is 7.53. The van der Waals surface area contributed by atoms with Gasteiger partial charge in [0.05, 0.1) is 6.07 Å². The van der Waals surface area contributed by atoms with Gasteiger partial charge in [0.25, 0.3) is 0 Å². The molecule has 0 aliphatic heterocycles. The lowest BCUT2D eigenvalue weighted by Gasteiger charge is -2.10. The fourth-order valence-electron chi connectivity index (χ4n) is 2.86. The molecule has 3 aromatic rings. The summed E-state index contributed by atoms with van der Waals surface area (Å²) in [6.07, 6.45) is 1.60. The second-order valence-electron chi connectivity index (χ2n) is 6.45. The van der Waals surface area contributed by atoms with Crippen molar-refractivity contribution in [2.75, 3.05) is 5.75 Å². The monoisotopic (exact) mass is 347 g/mol. The van der Waals surface area contributed by atoms with Crippen LogP contribution in [0.25, 0.3) is 22.0 Å². The van der Waals surface area contributed by atoms with E-state index in [0.29, 0.717) is 12.3 Å². The van der Waals surface area contributed by atoms with Gasteiger partial charge in [-0.25, -0.2) is 0 Å². The zero-order valence-corrected chi connectivity index (χ0v) is 15.4. The van der Waals surface area contributed by atoms with E-state index in [0.717, 1.165) is 39.2 Å². The maximum atomic E-state index is 8.73. The molecule has 3 nitrogen and oxygen atoms in total. The van der Waals surface area contributed by atoms with Gasteiger partial charge < -0.3 is 0 Å². The molecular weight excluding hydrogens is 326 g/mol. The Morgan fingerprint density at radius 1 is 1.00 bits per heavy atom. The highest BCUT2D eigenvalue weighted by atomic mass is 32.2. The standard InChI is InChI=1S/C21H21N3S/c1-15(2)14-16-8-10-17(11-9-16)20-18-6-3-4-7-19(18)21(24-23-20)25-13-5-12-22/h3-4,6-11,15H,5,13-14H2,1-2H3. The Labute approximate surface area is 153 Å². The maximum absolute atomic E-state index is 8.73. The van der Waals surface area contributed by atoms with E-state index < -0.39 is 0 Å². The Balaban J connectivity index is 1.97. The average Bonchev–Trinajstić information content (AvgIpc) is 2.62. The first-order valence-corrected chi connectivity index (χ1v) is 9.52. The molecule has 4 heteroatoms. The van der Waals surface area contributed by atoms with Crippen molar-refractivity contribution >= 4 is 22.5 Å². The summed E-state index contributed by atoms with van der Waals surface area (Å²) in [7, 11) is 0. The lowest BCUT2D eigenvalue weighted by Crippen LogP contribution is -1.96. The van der Waals surface area contributed by atoms with Gasteiger partial charge in [0.1, 0.15) is 10.7 Å². The van der Waals surface area contributed by atoms with Crippen LogP contribution >= 0.6 is 11.8 Å². The summed E-state index contributed by atoms with van der Waals surface area (Å²) in [4.78, 5) is 0. The van der Waals surface area contributed by atoms with E-state index in [1.807, 2.05) is 12.1 Å². The van der Waals surface area contributed by atoms with Gasteiger partial charge in [-0.15, -0.1) is 22.0 Å². The van der Waals surface area contributed by atoms with E-state index in [1.165, 1.54) is 5.56 Å². The minimum absolute atomic E-state index is 0.514. The number of nitrogens with zero attached hydrogens (tertiary/aromatic N) is 3. The van der Waals surface area contributed by atoms with Gasteiger partial charge in [0.2, 0.25) is 0 Å². The third-order valence-electron chi connectivity index (χ3n) is 3.98. The van der Waals surface area contributed by atoms with Crippen LogP contribution in [0.15, 0.2) is 53.6 Å². The summed E-state index contributed by atoms with van der Waals surface area (Å²) >= 11 is 1.59. The quantitative estimate of drug-likeness (QED) is 0.436. The molecule has 0 amide bonds. The molecule has 0 spiro atoms. The molecule has 0 radical (unpaired) electrons. The Kier molecular flexibility index (Phi) is 5.67. The Morgan fingerprint density at radius 3 is 2.40 bits per heavy atom. The molecule has 3 rings (SSSR count). The molecule has 0 N–H and O–H groups in total. The van der Waals surface area contributed by atoms with Gasteiger partial charge >= 0.3 is 0 Å². The SMILES string of the molecule is CC(C)Cc1ccc(-c2nnc(SCCC#N)c3ccccc23)cc1. The molecule has 1 aromatic heterocycles. The van der Waals surface area contributed by atoms with Gasteiger partial charge in [0.15, 0.2) is 0 Å². The Bertz CT molecular complexity index is 895. The van der Waals surface area contributed by atoms with Crippen LogP contribution in [-0.2, 0) is 6.42 Å². The molecular formula is C21H21N3S. The van der Waals surface area contributed by atoms with Crippen molar-refractivity contribution < 1.29 is 0 Å². The van der Waals surface area contributed by atoms with E-state index >= 15 is 0 Å². The van der Waals surface area contributed by atoms with E-state index in [-0.39, 0.29) is 0 Å². The molecule has 1 heterocycles. The number of hydrogen-bond donors (Lipinski definition) is 0. The Morgan fingerprint density at radius 2 is 1.72 bits per heavy atom. The third kappa shape index (κ3) is 4.18. The third-order valence-corrected chi connectivity index (χ3v) is 4.96. The topological polar surface area (TPSA) is 49.6 Å². The van der Waals surface area contributed by atoms with Crippen molar-refractivity contribution in [3.63, 3.8) is 0 Å². The average molecular weight is 347 g/mol. The van der Waals surface area contributed by atoms with Crippen LogP contribution in [-0.4, -0.2) is 16.0 Å². The Hall–Kier alpha value is -2.38. The van der Waals surface area contributed by atoms with Crippen LogP contribution in [0, 0.1) is 17.2 Å². The summed E-state index contributed by atoms with van der Waals surface area (Å²) in [6.45, 7) is 4.46. The molecule has 0 unspecified atom stereocenters. The molecule has 126 valence electrons. The van der Waals surface area contributed by atoms with Crippen molar-refractivity contribution in [3.05, 3.63) is 54.1 Å². The van der Waals surface area contributed by atoms with Gasteiger partial charge in [-0.1, -0.05) is 62.4 Å². The van der Waals surface area contributed by atoms with Crippen LogP contribution in [0.3, 0.4) is 0 Å². The molecule has 0 atom stereocenters. The zero-order chi connectivity index (χ0) is 17.6. The molecule has 0 bridgehead atoms. The van der Waals surface area contributed by atoms with Crippen LogP contribution < -0.4 is 0 Å². The second kappa shape index (κ2) is 8.13.